The van der Waals surface area contributed by atoms with E-state index in [4.69, 9.17) is 16.6 Å². The van der Waals surface area contributed by atoms with Crippen molar-refractivity contribution in [3.8, 4) is 6.07 Å². The lowest BCUT2D eigenvalue weighted by molar-refractivity contribution is -0.122. The minimum atomic E-state index is -0.284. The summed E-state index contributed by atoms with van der Waals surface area (Å²) in [7, 11) is 0. The summed E-state index contributed by atoms with van der Waals surface area (Å²) < 4.78 is 7.51. The van der Waals surface area contributed by atoms with E-state index in [1.807, 2.05) is 6.92 Å². The van der Waals surface area contributed by atoms with Crippen LogP contribution in [0.1, 0.15) is 49.1 Å². The molecule has 1 amide bonds. The van der Waals surface area contributed by atoms with Crippen LogP contribution in [0.25, 0.3) is 6.08 Å². The molecule has 4 heterocycles. The number of furan rings is 1. The zero-order chi connectivity index (χ0) is 23.7. The molecule has 0 radical (unpaired) electrons. The van der Waals surface area contributed by atoms with Gasteiger partial charge in [0, 0.05) is 25.2 Å². The van der Waals surface area contributed by atoms with Crippen LogP contribution in [0.4, 0.5) is 5.82 Å². The molecule has 2 aromatic heterocycles. The van der Waals surface area contributed by atoms with E-state index in [1.165, 1.54) is 16.7 Å². The Kier molecular flexibility index (Phi) is 6.77. The predicted molar refractivity (Wildman–Crippen MR) is 134 cm³/mol. The van der Waals surface area contributed by atoms with Crippen LogP contribution in [0.3, 0.4) is 0 Å². The second kappa shape index (κ2) is 9.57. The quantitative estimate of drug-likeness (QED) is 0.465. The molecule has 2 aliphatic heterocycles. The lowest BCUT2D eigenvalue weighted by Crippen LogP contribution is -2.40. The number of aromatic nitrogens is 1. The third-order valence-corrected chi connectivity index (χ3v) is 7.54. The largest absolute Gasteiger partial charge is 0.467 e. The maximum atomic E-state index is 13.2. The second-order valence-corrected chi connectivity index (χ2v) is 10.1. The fourth-order valence-corrected chi connectivity index (χ4v) is 5.72. The first kappa shape index (κ1) is 23.3. The fraction of sp³-hybridized carbons (Fsp3) is 0.417. The van der Waals surface area contributed by atoms with Gasteiger partial charge in [-0.15, -0.1) is 0 Å². The number of piperidine rings is 1. The van der Waals surface area contributed by atoms with Crippen LogP contribution >= 0.6 is 24.0 Å². The van der Waals surface area contributed by atoms with Crippen molar-refractivity contribution >= 4 is 46.1 Å². The Morgan fingerprint density at radius 1 is 1.39 bits per heavy atom. The van der Waals surface area contributed by atoms with Gasteiger partial charge < -0.3 is 9.32 Å². The standard InChI is InChI=1S/C24H26N4O3S2/c1-4-27-21(26-9-5-7-15(2)13-26)18(16(3)19(12-25)22(27)29)11-20-23(30)28(24(32)33-20)14-17-8-6-10-31-17/h6,8,10-11,15H,4-5,7,9,13-14H2,1-3H3/b20-11-. The smallest absolute Gasteiger partial charge is 0.270 e. The van der Waals surface area contributed by atoms with E-state index in [0.29, 0.717) is 33.0 Å². The molecule has 7 nitrogen and oxygen atoms in total. The summed E-state index contributed by atoms with van der Waals surface area (Å²) in [6.45, 7) is 8.25. The van der Waals surface area contributed by atoms with Gasteiger partial charge in [0.05, 0.1) is 17.7 Å². The zero-order valence-electron chi connectivity index (χ0n) is 19.0. The molecule has 0 aromatic carbocycles. The molecule has 0 aliphatic carbocycles. The Bertz CT molecular complexity index is 1220. The highest BCUT2D eigenvalue weighted by atomic mass is 32.2. The number of thioether (sulfide) groups is 1. The van der Waals surface area contributed by atoms with Gasteiger partial charge in [-0.05, 0) is 56.4 Å². The van der Waals surface area contributed by atoms with Crippen LogP contribution in [0.5, 0.6) is 0 Å². The normalized spacial score (nSPS) is 20.1. The van der Waals surface area contributed by atoms with Crippen molar-refractivity contribution in [1.29, 1.82) is 5.26 Å². The van der Waals surface area contributed by atoms with Crippen LogP contribution in [-0.2, 0) is 17.9 Å². The minimum absolute atomic E-state index is 0.114. The summed E-state index contributed by atoms with van der Waals surface area (Å²) in [5, 5.41) is 9.72. The van der Waals surface area contributed by atoms with Gasteiger partial charge in [0.15, 0.2) is 0 Å². The summed E-state index contributed by atoms with van der Waals surface area (Å²) in [4.78, 5) is 30.6. The number of nitrogens with zero attached hydrogens (tertiary/aromatic N) is 4. The zero-order valence-corrected chi connectivity index (χ0v) is 20.6. The third-order valence-electron chi connectivity index (χ3n) is 6.16. The molecule has 0 bridgehead atoms. The average Bonchev–Trinajstić information content (AvgIpc) is 3.40. The molecular weight excluding hydrogens is 456 g/mol. The molecule has 2 aliphatic rings. The Morgan fingerprint density at radius 2 is 2.18 bits per heavy atom. The highest BCUT2D eigenvalue weighted by Gasteiger charge is 2.34. The first-order valence-corrected chi connectivity index (χ1v) is 12.3. The first-order valence-electron chi connectivity index (χ1n) is 11.1. The van der Waals surface area contributed by atoms with Crippen molar-refractivity contribution in [2.24, 2.45) is 5.92 Å². The highest BCUT2D eigenvalue weighted by molar-refractivity contribution is 8.26. The molecule has 2 fully saturated rings. The summed E-state index contributed by atoms with van der Waals surface area (Å²) in [6.07, 6.45) is 5.54. The van der Waals surface area contributed by atoms with Crippen molar-refractivity contribution in [2.45, 2.75) is 46.7 Å². The molecule has 9 heteroatoms. The predicted octanol–water partition coefficient (Wildman–Crippen LogP) is 4.28. The maximum Gasteiger partial charge on any atom is 0.270 e. The molecule has 0 saturated carbocycles. The van der Waals surface area contributed by atoms with Gasteiger partial charge in [0.25, 0.3) is 11.5 Å². The highest BCUT2D eigenvalue weighted by Crippen LogP contribution is 2.37. The van der Waals surface area contributed by atoms with E-state index < -0.39 is 0 Å². The van der Waals surface area contributed by atoms with Crippen LogP contribution in [0.2, 0.25) is 0 Å². The van der Waals surface area contributed by atoms with Crippen molar-refractivity contribution in [3.05, 3.63) is 56.1 Å². The average molecular weight is 483 g/mol. The summed E-state index contributed by atoms with van der Waals surface area (Å²) in [5.41, 5.74) is 1.16. The van der Waals surface area contributed by atoms with Crippen LogP contribution in [0, 0.1) is 24.2 Å². The van der Waals surface area contributed by atoms with E-state index >= 15 is 0 Å². The number of anilines is 1. The maximum absolute atomic E-state index is 13.2. The number of carbonyl (C=O) groups excluding carboxylic acids is 1. The van der Waals surface area contributed by atoms with Crippen molar-refractivity contribution in [2.75, 3.05) is 18.0 Å². The summed E-state index contributed by atoms with van der Waals surface area (Å²) in [5.74, 6) is 1.72. The number of pyridine rings is 1. The molecule has 4 rings (SSSR count). The van der Waals surface area contributed by atoms with Gasteiger partial charge in [-0.2, -0.15) is 5.26 Å². The number of rotatable bonds is 5. The van der Waals surface area contributed by atoms with Gasteiger partial charge in [-0.1, -0.05) is 30.9 Å². The van der Waals surface area contributed by atoms with Crippen LogP contribution in [0.15, 0.2) is 32.5 Å². The molecule has 33 heavy (non-hydrogen) atoms. The molecule has 172 valence electrons. The van der Waals surface area contributed by atoms with Crippen molar-refractivity contribution in [1.82, 2.24) is 9.47 Å². The summed E-state index contributed by atoms with van der Waals surface area (Å²) >= 11 is 6.71. The summed E-state index contributed by atoms with van der Waals surface area (Å²) in [6, 6.07) is 5.66. The molecule has 1 atom stereocenters. The Hall–Kier alpha value is -2.83. The van der Waals surface area contributed by atoms with E-state index in [2.05, 4.69) is 17.9 Å². The number of thiocarbonyl (C=S) groups is 1. The topological polar surface area (TPSA) is 82.5 Å². The number of amides is 1. The first-order chi connectivity index (χ1) is 15.8. The lowest BCUT2D eigenvalue weighted by Gasteiger charge is -2.35. The van der Waals surface area contributed by atoms with E-state index in [-0.39, 0.29) is 23.6 Å². The number of carbonyl (C=O) groups is 1. The number of nitriles is 1. The van der Waals surface area contributed by atoms with Gasteiger partial charge in [0.1, 0.15) is 27.5 Å². The Labute approximate surface area is 202 Å². The molecule has 0 N–H and O–H groups in total. The molecule has 1 unspecified atom stereocenters. The van der Waals surface area contributed by atoms with Gasteiger partial charge in [-0.3, -0.25) is 19.1 Å². The van der Waals surface area contributed by atoms with Gasteiger partial charge in [-0.25, -0.2) is 0 Å². The molecule has 2 aromatic rings. The van der Waals surface area contributed by atoms with Crippen LogP contribution in [-0.4, -0.2) is 32.8 Å². The van der Waals surface area contributed by atoms with E-state index in [9.17, 15) is 14.9 Å². The minimum Gasteiger partial charge on any atom is -0.467 e. The van der Waals surface area contributed by atoms with E-state index in [1.54, 1.807) is 36.0 Å². The number of hydrogen-bond donors (Lipinski definition) is 0. The van der Waals surface area contributed by atoms with E-state index in [0.717, 1.165) is 37.3 Å². The lowest BCUT2D eigenvalue weighted by atomic mass is 9.98. The molecule has 2 saturated heterocycles. The van der Waals surface area contributed by atoms with Gasteiger partial charge >= 0.3 is 0 Å². The molecular formula is C24H26N4O3S2. The fourth-order valence-electron chi connectivity index (χ4n) is 4.49. The Morgan fingerprint density at radius 3 is 2.82 bits per heavy atom. The number of hydrogen-bond acceptors (Lipinski definition) is 7. The van der Waals surface area contributed by atoms with Crippen molar-refractivity contribution < 1.29 is 9.21 Å². The Balaban J connectivity index is 1.83. The SMILES string of the molecule is CCn1c(N2CCCC(C)C2)c(/C=C2\SC(=S)N(Cc3ccco3)C2=O)c(C)c(C#N)c1=O. The monoisotopic (exact) mass is 482 g/mol. The molecule has 0 spiro atoms. The van der Waals surface area contributed by atoms with Gasteiger partial charge in [0.2, 0.25) is 0 Å². The van der Waals surface area contributed by atoms with Crippen molar-refractivity contribution in [3.63, 3.8) is 0 Å². The van der Waals surface area contributed by atoms with Crippen LogP contribution < -0.4 is 10.5 Å². The third kappa shape index (κ3) is 4.37. The second-order valence-electron chi connectivity index (χ2n) is 8.44.